The molecule has 106 valence electrons. The maximum absolute atomic E-state index is 6.12. The van der Waals surface area contributed by atoms with E-state index in [4.69, 9.17) is 21.9 Å². The van der Waals surface area contributed by atoms with E-state index in [1.807, 2.05) is 6.07 Å². The van der Waals surface area contributed by atoms with Crippen LogP contribution in [0.5, 0.6) is 0 Å². The summed E-state index contributed by atoms with van der Waals surface area (Å²) in [4.78, 5) is 8.58. The Labute approximate surface area is 141 Å². The summed E-state index contributed by atoms with van der Waals surface area (Å²) >= 11 is 12.9. The van der Waals surface area contributed by atoms with Crippen LogP contribution in [0.2, 0.25) is 5.02 Å². The molecule has 0 aliphatic carbocycles. The highest BCUT2D eigenvalue weighted by atomic mass is 79.9. The monoisotopic (exact) mass is 428 g/mol. The Hall–Kier alpha value is -1.44. The van der Waals surface area contributed by atoms with E-state index in [1.165, 1.54) is 0 Å². The number of rotatable bonds is 2. The molecular formula is C13H7Br2ClN4O. The zero-order chi connectivity index (χ0) is 15.0. The molecule has 3 aromatic rings. The predicted molar refractivity (Wildman–Crippen MR) is 87.8 cm³/mol. The Morgan fingerprint density at radius 3 is 2.76 bits per heavy atom. The minimum Gasteiger partial charge on any atom is -0.399 e. The highest BCUT2D eigenvalue weighted by Gasteiger charge is 2.16. The second kappa shape index (κ2) is 5.75. The van der Waals surface area contributed by atoms with E-state index in [9.17, 15) is 0 Å². The van der Waals surface area contributed by atoms with Crippen LogP contribution in [0, 0.1) is 0 Å². The van der Waals surface area contributed by atoms with E-state index in [-0.39, 0.29) is 0 Å². The smallest absolute Gasteiger partial charge is 0.259 e. The molecule has 1 aromatic carbocycles. The first-order chi connectivity index (χ1) is 10.0. The van der Waals surface area contributed by atoms with E-state index in [0.717, 1.165) is 8.95 Å². The second-order valence-corrected chi connectivity index (χ2v) is 6.32. The maximum atomic E-state index is 6.12. The largest absolute Gasteiger partial charge is 0.399 e. The number of hydrogen-bond donors (Lipinski definition) is 1. The van der Waals surface area contributed by atoms with Crippen molar-refractivity contribution in [2.45, 2.75) is 0 Å². The molecule has 0 amide bonds. The van der Waals surface area contributed by atoms with Gasteiger partial charge < -0.3 is 10.3 Å². The van der Waals surface area contributed by atoms with Crippen molar-refractivity contribution in [2.75, 3.05) is 5.73 Å². The molecule has 21 heavy (non-hydrogen) atoms. The molecule has 2 N–H and O–H groups in total. The van der Waals surface area contributed by atoms with Gasteiger partial charge in [-0.05, 0) is 56.1 Å². The topological polar surface area (TPSA) is 77.8 Å². The number of benzene rings is 1. The summed E-state index contributed by atoms with van der Waals surface area (Å²) in [5.41, 5.74) is 7.48. The Morgan fingerprint density at radius 2 is 2.00 bits per heavy atom. The van der Waals surface area contributed by atoms with Crippen LogP contribution in [0.15, 0.2) is 43.9 Å². The van der Waals surface area contributed by atoms with E-state index in [2.05, 4.69) is 47.0 Å². The Morgan fingerprint density at radius 1 is 1.19 bits per heavy atom. The van der Waals surface area contributed by atoms with Crippen LogP contribution in [-0.2, 0) is 0 Å². The van der Waals surface area contributed by atoms with Gasteiger partial charge in [0.05, 0.1) is 10.6 Å². The number of nitrogen functional groups attached to an aromatic ring is 1. The summed E-state index contributed by atoms with van der Waals surface area (Å²) in [7, 11) is 0. The third-order valence-electron chi connectivity index (χ3n) is 2.67. The van der Waals surface area contributed by atoms with Gasteiger partial charge in [-0.25, -0.2) is 0 Å². The molecule has 0 saturated heterocycles. The first-order valence-electron chi connectivity index (χ1n) is 5.75. The fourth-order valence-electron chi connectivity index (χ4n) is 1.71. The molecule has 0 aliphatic heterocycles. The van der Waals surface area contributed by atoms with Crippen molar-refractivity contribution in [3.8, 4) is 23.0 Å². The highest BCUT2D eigenvalue weighted by molar-refractivity contribution is 9.11. The Balaban J connectivity index is 2.06. The van der Waals surface area contributed by atoms with Crippen molar-refractivity contribution in [3.05, 3.63) is 44.4 Å². The van der Waals surface area contributed by atoms with Crippen LogP contribution in [0.1, 0.15) is 0 Å². The van der Waals surface area contributed by atoms with Gasteiger partial charge in [-0.3, -0.25) is 4.98 Å². The molecule has 2 aromatic heterocycles. The molecular weight excluding hydrogens is 423 g/mol. The van der Waals surface area contributed by atoms with Crippen LogP contribution in [0.25, 0.3) is 23.0 Å². The molecule has 0 spiro atoms. The van der Waals surface area contributed by atoms with Gasteiger partial charge in [-0.1, -0.05) is 16.8 Å². The molecule has 0 atom stereocenters. The van der Waals surface area contributed by atoms with Crippen molar-refractivity contribution in [2.24, 2.45) is 0 Å². The van der Waals surface area contributed by atoms with E-state index >= 15 is 0 Å². The number of nitrogens with two attached hydrogens (primary N) is 1. The van der Waals surface area contributed by atoms with Crippen molar-refractivity contribution in [3.63, 3.8) is 0 Å². The van der Waals surface area contributed by atoms with E-state index < -0.39 is 0 Å². The summed E-state index contributed by atoms with van der Waals surface area (Å²) < 4.78 is 6.85. The lowest BCUT2D eigenvalue weighted by Gasteiger charge is -2.00. The molecule has 0 bridgehead atoms. The zero-order valence-electron chi connectivity index (χ0n) is 10.3. The van der Waals surface area contributed by atoms with Crippen LogP contribution < -0.4 is 5.73 Å². The Bertz CT molecular complexity index is 822. The lowest BCUT2D eigenvalue weighted by molar-refractivity contribution is 0.432. The number of halogens is 3. The normalized spacial score (nSPS) is 10.8. The van der Waals surface area contributed by atoms with Crippen LogP contribution in [0.4, 0.5) is 5.69 Å². The fraction of sp³-hybridized carbons (Fsp3) is 0. The van der Waals surface area contributed by atoms with Gasteiger partial charge in [0.2, 0.25) is 5.82 Å². The average molecular weight is 430 g/mol. The lowest BCUT2D eigenvalue weighted by Crippen LogP contribution is -1.89. The second-order valence-electron chi connectivity index (χ2n) is 4.15. The van der Waals surface area contributed by atoms with Gasteiger partial charge in [0.15, 0.2) is 0 Å². The molecule has 0 aliphatic rings. The molecule has 0 radical (unpaired) electrons. The van der Waals surface area contributed by atoms with Crippen LogP contribution in [-0.4, -0.2) is 15.1 Å². The number of aromatic nitrogens is 3. The molecule has 8 heteroatoms. The number of anilines is 1. The SMILES string of the molecule is Nc1ccc(Cl)c(-c2nc(-c3ncc(Br)cc3Br)no2)c1. The summed E-state index contributed by atoms with van der Waals surface area (Å²) in [6.07, 6.45) is 1.66. The zero-order valence-corrected chi connectivity index (χ0v) is 14.3. The molecule has 5 nitrogen and oxygen atoms in total. The van der Waals surface area contributed by atoms with Crippen LogP contribution >= 0.6 is 43.5 Å². The third-order valence-corrected chi connectivity index (χ3v) is 4.03. The quantitative estimate of drug-likeness (QED) is 0.603. The van der Waals surface area contributed by atoms with Gasteiger partial charge in [0.25, 0.3) is 5.89 Å². The predicted octanol–water partition coefficient (Wildman–Crippen LogP) is 4.56. The lowest BCUT2D eigenvalue weighted by atomic mass is 10.2. The molecule has 0 fully saturated rings. The van der Waals surface area contributed by atoms with E-state index in [0.29, 0.717) is 33.7 Å². The minimum atomic E-state index is 0.291. The summed E-state index contributed by atoms with van der Waals surface area (Å²) in [5, 5.41) is 4.42. The maximum Gasteiger partial charge on any atom is 0.259 e. The average Bonchev–Trinajstić information content (AvgIpc) is 2.91. The first kappa shape index (κ1) is 14.5. The Kier molecular flexibility index (Phi) is 3.97. The van der Waals surface area contributed by atoms with Gasteiger partial charge in [-0.15, -0.1) is 0 Å². The standard InChI is InChI=1S/C13H7Br2ClN4O/c14-6-3-9(15)11(18-5-6)12-19-13(21-20-12)8-4-7(17)1-2-10(8)16/h1-5H,17H2. The summed E-state index contributed by atoms with van der Waals surface area (Å²) in [6, 6.07) is 6.93. The number of pyridine rings is 1. The molecule has 0 unspecified atom stereocenters. The van der Waals surface area contributed by atoms with E-state index in [1.54, 1.807) is 24.4 Å². The van der Waals surface area contributed by atoms with Gasteiger partial charge in [0, 0.05) is 20.8 Å². The van der Waals surface area contributed by atoms with Gasteiger partial charge in [0.1, 0.15) is 5.69 Å². The minimum absolute atomic E-state index is 0.291. The van der Waals surface area contributed by atoms with Crippen molar-refractivity contribution < 1.29 is 4.52 Å². The van der Waals surface area contributed by atoms with Crippen molar-refractivity contribution in [1.29, 1.82) is 0 Å². The van der Waals surface area contributed by atoms with Gasteiger partial charge >= 0.3 is 0 Å². The third kappa shape index (κ3) is 2.95. The molecule has 0 saturated carbocycles. The van der Waals surface area contributed by atoms with Crippen LogP contribution in [0.3, 0.4) is 0 Å². The van der Waals surface area contributed by atoms with Crippen molar-refractivity contribution >= 4 is 49.1 Å². The molecule has 3 rings (SSSR count). The number of hydrogen-bond acceptors (Lipinski definition) is 5. The highest BCUT2D eigenvalue weighted by Crippen LogP contribution is 2.31. The number of nitrogens with zero attached hydrogens (tertiary/aromatic N) is 3. The molecule has 2 heterocycles. The van der Waals surface area contributed by atoms with Crippen molar-refractivity contribution in [1.82, 2.24) is 15.1 Å². The summed E-state index contributed by atoms with van der Waals surface area (Å²) in [6.45, 7) is 0. The first-order valence-corrected chi connectivity index (χ1v) is 7.71. The summed E-state index contributed by atoms with van der Waals surface area (Å²) in [5.74, 6) is 0.654. The van der Waals surface area contributed by atoms with Gasteiger partial charge in [-0.2, -0.15) is 4.98 Å². The fourth-order valence-corrected chi connectivity index (χ4v) is 3.08.